The Hall–Kier alpha value is -0.870. The first-order valence-corrected chi connectivity index (χ1v) is 5.94. The minimum Gasteiger partial charge on any atom is -0.349 e. The molecule has 14 heavy (non-hydrogen) atoms. The van der Waals surface area contributed by atoms with Gasteiger partial charge in [0.25, 0.3) is 0 Å². The summed E-state index contributed by atoms with van der Waals surface area (Å²) in [6.45, 7) is 3.38. The van der Waals surface area contributed by atoms with E-state index in [9.17, 15) is 8.42 Å². The van der Waals surface area contributed by atoms with Gasteiger partial charge >= 0.3 is 0 Å². The molecular formula is C10H12O3S. The van der Waals surface area contributed by atoms with Gasteiger partial charge in [-0.2, -0.15) is 0 Å². The lowest BCUT2D eigenvalue weighted by molar-refractivity contribution is 0.361. The quantitative estimate of drug-likeness (QED) is 0.699. The summed E-state index contributed by atoms with van der Waals surface area (Å²) in [7, 11) is -3.34. The topological polar surface area (TPSA) is 46.7 Å². The third kappa shape index (κ3) is 1.18. The second-order valence-electron chi connectivity index (χ2n) is 3.59. The van der Waals surface area contributed by atoms with Gasteiger partial charge in [0.2, 0.25) is 9.84 Å². The van der Waals surface area contributed by atoms with Crippen LogP contribution in [0.3, 0.4) is 0 Å². The van der Waals surface area contributed by atoms with E-state index >= 15 is 0 Å². The van der Waals surface area contributed by atoms with E-state index < -0.39 is 14.8 Å². The van der Waals surface area contributed by atoms with Crippen molar-refractivity contribution in [3.63, 3.8) is 0 Å². The molecule has 3 nitrogen and oxygen atoms in total. The minimum absolute atomic E-state index is 0.215. The molecule has 0 aliphatic carbocycles. The van der Waals surface area contributed by atoms with Crippen LogP contribution < -0.4 is 0 Å². The Morgan fingerprint density at radius 1 is 1.29 bits per heavy atom. The van der Waals surface area contributed by atoms with E-state index in [1.54, 1.807) is 44.2 Å². The fourth-order valence-electron chi connectivity index (χ4n) is 1.43. The highest BCUT2D eigenvalue weighted by atomic mass is 32.2. The average Bonchev–Trinajstić information content (AvgIpc) is 2.78. The summed E-state index contributed by atoms with van der Waals surface area (Å²) in [5, 5.41) is 0. The summed E-state index contributed by atoms with van der Waals surface area (Å²) in [4.78, 5) is -0.694. The molecule has 2 unspecified atom stereocenters. The van der Waals surface area contributed by atoms with Crippen LogP contribution in [0.15, 0.2) is 35.2 Å². The summed E-state index contributed by atoms with van der Waals surface area (Å²) in [6, 6.07) is 8.40. The maximum atomic E-state index is 12.0. The van der Waals surface area contributed by atoms with Crippen LogP contribution in [0, 0.1) is 0 Å². The van der Waals surface area contributed by atoms with Crippen molar-refractivity contribution in [1.82, 2.24) is 0 Å². The van der Waals surface area contributed by atoms with E-state index in [1.807, 2.05) is 0 Å². The standard InChI is InChI=1S/C10H12O3S/c1-8-10(2,13-8)14(11,12)9-6-4-3-5-7-9/h3-8H,1-2H3. The molecule has 1 aliphatic rings. The van der Waals surface area contributed by atoms with Gasteiger partial charge in [-0.25, -0.2) is 8.42 Å². The predicted molar refractivity (Wildman–Crippen MR) is 52.6 cm³/mol. The molecule has 76 valence electrons. The van der Waals surface area contributed by atoms with Crippen molar-refractivity contribution < 1.29 is 13.2 Å². The Bertz CT molecular complexity index is 438. The van der Waals surface area contributed by atoms with Crippen molar-refractivity contribution >= 4 is 9.84 Å². The average molecular weight is 212 g/mol. The third-order valence-corrected chi connectivity index (χ3v) is 5.07. The molecule has 1 aromatic carbocycles. The molecular weight excluding hydrogens is 200 g/mol. The zero-order chi connectivity index (χ0) is 10.4. The highest BCUT2D eigenvalue weighted by molar-refractivity contribution is 7.93. The first-order valence-electron chi connectivity index (χ1n) is 4.46. The number of benzene rings is 1. The Labute approximate surface area is 83.6 Å². The van der Waals surface area contributed by atoms with Crippen LogP contribution in [0.5, 0.6) is 0 Å². The molecule has 1 fully saturated rings. The molecule has 0 radical (unpaired) electrons. The van der Waals surface area contributed by atoms with E-state index in [4.69, 9.17) is 4.74 Å². The fraction of sp³-hybridized carbons (Fsp3) is 0.400. The van der Waals surface area contributed by atoms with Gasteiger partial charge < -0.3 is 4.74 Å². The molecule has 0 amide bonds. The van der Waals surface area contributed by atoms with Gasteiger partial charge in [0.1, 0.15) is 6.10 Å². The summed E-state index contributed by atoms with van der Waals surface area (Å²) >= 11 is 0. The van der Waals surface area contributed by atoms with Crippen LogP contribution in [0.1, 0.15) is 13.8 Å². The molecule has 0 N–H and O–H groups in total. The van der Waals surface area contributed by atoms with Crippen molar-refractivity contribution in [3.8, 4) is 0 Å². The summed E-state index contributed by atoms with van der Waals surface area (Å²) in [6.07, 6.45) is -0.215. The maximum Gasteiger partial charge on any atom is 0.210 e. The predicted octanol–water partition coefficient (Wildman–Crippen LogP) is 1.60. The van der Waals surface area contributed by atoms with Crippen molar-refractivity contribution in [2.45, 2.75) is 29.8 Å². The van der Waals surface area contributed by atoms with E-state index in [-0.39, 0.29) is 6.10 Å². The second kappa shape index (κ2) is 2.81. The largest absolute Gasteiger partial charge is 0.349 e. The van der Waals surface area contributed by atoms with Gasteiger partial charge in [-0.05, 0) is 26.0 Å². The Kier molecular flexibility index (Phi) is 1.94. The molecule has 4 heteroatoms. The Morgan fingerprint density at radius 2 is 1.79 bits per heavy atom. The lowest BCUT2D eigenvalue weighted by atomic mass is 10.4. The monoisotopic (exact) mass is 212 g/mol. The van der Waals surface area contributed by atoms with Crippen molar-refractivity contribution in [2.75, 3.05) is 0 Å². The van der Waals surface area contributed by atoms with E-state index in [0.29, 0.717) is 4.90 Å². The lowest BCUT2D eigenvalue weighted by Crippen LogP contribution is -2.23. The van der Waals surface area contributed by atoms with Crippen LogP contribution in [-0.4, -0.2) is 19.5 Å². The van der Waals surface area contributed by atoms with Crippen LogP contribution in [0.2, 0.25) is 0 Å². The SMILES string of the molecule is CC1OC1(C)S(=O)(=O)c1ccccc1. The number of rotatable bonds is 2. The molecule has 0 bridgehead atoms. The number of hydrogen-bond acceptors (Lipinski definition) is 3. The first kappa shape index (κ1) is 9.68. The number of hydrogen-bond donors (Lipinski definition) is 0. The third-order valence-electron chi connectivity index (χ3n) is 2.68. The molecule has 1 heterocycles. The number of epoxide rings is 1. The number of ether oxygens (including phenoxy) is 1. The normalized spacial score (nSPS) is 31.4. The fourth-order valence-corrected chi connectivity index (χ4v) is 3.12. The van der Waals surface area contributed by atoms with Crippen molar-refractivity contribution in [3.05, 3.63) is 30.3 Å². The van der Waals surface area contributed by atoms with E-state index in [0.717, 1.165) is 0 Å². The van der Waals surface area contributed by atoms with Gasteiger partial charge in [0.05, 0.1) is 4.90 Å². The van der Waals surface area contributed by atoms with Crippen molar-refractivity contribution in [2.24, 2.45) is 0 Å². The van der Waals surface area contributed by atoms with Crippen LogP contribution in [-0.2, 0) is 14.6 Å². The minimum atomic E-state index is -3.34. The lowest BCUT2D eigenvalue weighted by Gasteiger charge is -2.07. The summed E-state index contributed by atoms with van der Waals surface area (Å²) in [5.41, 5.74) is 0. The molecule has 0 spiro atoms. The maximum absolute atomic E-state index is 12.0. The smallest absolute Gasteiger partial charge is 0.210 e. The zero-order valence-electron chi connectivity index (χ0n) is 8.10. The van der Waals surface area contributed by atoms with Gasteiger partial charge in [0.15, 0.2) is 4.93 Å². The molecule has 2 rings (SSSR count). The Morgan fingerprint density at radius 3 is 2.21 bits per heavy atom. The zero-order valence-corrected chi connectivity index (χ0v) is 8.91. The summed E-state index contributed by atoms with van der Waals surface area (Å²) in [5.74, 6) is 0. The van der Waals surface area contributed by atoms with Gasteiger partial charge in [-0.3, -0.25) is 0 Å². The van der Waals surface area contributed by atoms with Crippen molar-refractivity contribution in [1.29, 1.82) is 0 Å². The molecule has 1 saturated heterocycles. The van der Waals surface area contributed by atoms with Crippen LogP contribution in [0.4, 0.5) is 0 Å². The first-order chi connectivity index (χ1) is 6.48. The van der Waals surface area contributed by atoms with Gasteiger partial charge in [-0.1, -0.05) is 18.2 Å². The molecule has 1 aliphatic heterocycles. The van der Waals surface area contributed by atoms with E-state index in [1.165, 1.54) is 0 Å². The summed E-state index contributed by atoms with van der Waals surface area (Å²) < 4.78 is 29.1. The van der Waals surface area contributed by atoms with Gasteiger partial charge in [-0.15, -0.1) is 0 Å². The second-order valence-corrected chi connectivity index (χ2v) is 5.88. The molecule has 1 aromatic rings. The van der Waals surface area contributed by atoms with Crippen LogP contribution >= 0.6 is 0 Å². The molecule has 0 saturated carbocycles. The molecule has 2 atom stereocenters. The Balaban J connectivity index is 2.45. The van der Waals surface area contributed by atoms with E-state index in [2.05, 4.69) is 0 Å². The highest BCUT2D eigenvalue weighted by Gasteiger charge is 2.60. The number of sulfone groups is 1. The van der Waals surface area contributed by atoms with Gasteiger partial charge in [0, 0.05) is 0 Å². The molecule has 0 aromatic heterocycles. The van der Waals surface area contributed by atoms with Crippen LogP contribution in [0.25, 0.3) is 0 Å². The highest BCUT2D eigenvalue weighted by Crippen LogP contribution is 2.44.